The van der Waals surface area contributed by atoms with Gasteiger partial charge in [-0.25, -0.2) is 0 Å². The number of aliphatic hydroxyl groups excluding tert-OH is 1. The van der Waals surface area contributed by atoms with E-state index in [1.54, 1.807) is 0 Å². The van der Waals surface area contributed by atoms with Crippen molar-refractivity contribution in [2.75, 3.05) is 13.2 Å². The first kappa shape index (κ1) is 17.4. The molecule has 2 N–H and O–H groups in total. The van der Waals surface area contributed by atoms with Gasteiger partial charge in [-0.15, -0.1) is 0 Å². The summed E-state index contributed by atoms with van der Waals surface area (Å²) in [6.07, 6.45) is 9.13. The van der Waals surface area contributed by atoms with E-state index >= 15 is 0 Å². The summed E-state index contributed by atoms with van der Waals surface area (Å²) in [5.74, 6) is -0.276. The van der Waals surface area contributed by atoms with Gasteiger partial charge in [0.1, 0.15) is 0 Å². The largest absolute Gasteiger partial charge is 0.481 e. The summed E-state index contributed by atoms with van der Waals surface area (Å²) in [7, 11) is 0. The van der Waals surface area contributed by atoms with Crippen LogP contribution in [0.25, 0.3) is 0 Å². The van der Waals surface area contributed by atoms with Crippen LogP contribution in [-0.2, 0) is 14.3 Å². The van der Waals surface area contributed by atoms with Crippen LogP contribution in [0.15, 0.2) is 12.2 Å². The van der Waals surface area contributed by atoms with Crippen molar-refractivity contribution in [2.45, 2.75) is 63.8 Å². The van der Waals surface area contributed by atoms with Crippen LogP contribution in [0.3, 0.4) is 0 Å². The predicted molar refractivity (Wildman–Crippen MR) is 82.6 cm³/mol. The molecule has 2 aliphatic rings. The minimum atomic E-state index is -0.834. The lowest BCUT2D eigenvalue weighted by Crippen LogP contribution is -2.30. The topological polar surface area (TPSA) is 76.0 Å². The monoisotopic (exact) mass is 312 g/mol. The van der Waals surface area contributed by atoms with Gasteiger partial charge in [-0.1, -0.05) is 31.9 Å². The number of hydrogen-bond acceptors (Lipinski definition) is 4. The number of carboxylic acids is 1. The lowest BCUT2D eigenvalue weighted by atomic mass is 9.79. The third kappa shape index (κ3) is 4.80. The highest BCUT2D eigenvalue weighted by Gasteiger charge is 2.47. The molecule has 2 saturated heterocycles. The number of hydrogen-bond donors (Lipinski definition) is 2. The Hall–Kier alpha value is -0.910. The van der Waals surface area contributed by atoms with E-state index < -0.39 is 5.97 Å². The first-order valence-electron chi connectivity index (χ1n) is 8.43. The van der Waals surface area contributed by atoms with Crippen molar-refractivity contribution in [3.8, 4) is 0 Å². The van der Waals surface area contributed by atoms with Crippen LogP contribution >= 0.6 is 0 Å². The fraction of sp³-hybridized carbons (Fsp3) is 0.824. The lowest BCUT2D eigenvalue weighted by molar-refractivity contribution is -0.138. The molecule has 0 spiro atoms. The van der Waals surface area contributed by atoms with E-state index in [1.807, 2.05) is 6.08 Å². The highest BCUT2D eigenvalue weighted by Crippen LogP contribution is 2.44. The minimum absolute atomic E-state index is 0.0396. The quantitative estimate of drug-likeness (QED) is 0.478. The van der Waals surface area contributed by atoms with E-state index in [4.69, 9.17) is 14.6 Å². The molecular formula is C17H28O5. The van der Waals surface area contributed by atoms with Crippen molar-refractivity contribution < 1.29 is 24.5 Å². The van der Waals surface area contributed by atoms with Gasteiger partial charge < -0.3 is 19.7 Å². The zero-order valence-electron chi connectivity index (χ0n) is 13.3. The number of aliphatic carboxylic acids is 1. The maximum Gasteiger partial charge on any atom is 0.305 e. The number of ether oxygens (including phenoxy) is 2. The van der Waals surface area contributed by atoms with E-state index in [2.05, 4.69) is 13.0 Å². The molecule has 2 fully saturated rings. The maximum absolute atomic E-state index is 10.5. The summed E-state index contributed by atoms with van der Waals surface area (Å²) in [4.78, 5) is 10.5. The zero-order valence-corrected chi connectivity index (χ0v) is 13.3. The van der Waals surface area contributed by atoms with E-state index in [1.165, 1.54) is 0 Å². The second kappa shape index (κ2) is 8.65. The number of aliphatic hydroxyl groups is 1. The second-order valence-corrected chi connectivity index (χ2v) is 6.34. The first-order valence-corrected chi connectivity index (χ1v) is 8.43. The molecule has 0 aromatic rings. The summed E-state index contributed by atoms with van der Waals surface area (Å²) in [6, 6.07) is 0. The second-order valence-electron chi connectivity index (χ2n) is 6.34. The molecule has 5 atom stereocenters. The molecule has 5 heteroatoms. The van der Waals surface area contributed by atoms with Gasteiger partial charge in [0.15, 0.2) is 0 Å². The van der Waals surface area contributed by atoms with Crippen molar-refractivity contribution in [1.29, 1.82) is 0 Å². The van der Waals surface area contributed by atoms with Crippen molar-refractivity contribution in [1.82, 2.24) is 0 Å². The van der Waals surface area contributed by atoms with Gasteiger partial charge in [-0.2, -0.15) is 0 Å². The summed E-state index contributed by atoms with van der Waals surface area (Å²) in [5.41, 5.74) is 0. The summed E-state index contributed by atoms with van der Waals surface area (Å²) < 4.78 is 11.5. The van der Waals surface area contributed by atoms with Crippen LogP contribution in [-0.4, -0.2) is 47.7 Å². The molecule has 2 bridgehead atoms. The number of fused-ring (bicyclic) bond motifs is 2. The molecule has 1 unspecified atom stereocenters. The van der Waals surface area contributed by atoms with Crippen molar-refractivity contribution in [2.24, 2.45) is 11.8 Å². The molecule has 0 radical (unpaired) electrons. The van der Waals surface area contributed by atoms with Gasteiger partial charge in [0, 0.05) is 11.8 Å². The van der Waals surface area contributed by atoms with E-state index in [0.29, 0.717) is 6.61 Å². The van der Waals surface area contributed by atoms with Crippen LogP contribution in [0.1, 0.15) is 45.4 Å². The summed E-state index contributed by atoms with van der Waals surface area (Å²) >= 11 is 0. The van der Waals surface area contributed by atoms with Gasteiger partial charge in [0.25, 0.3) is 0 Å². The van der Waals surface area contributed by atoms with Crippen LogP contribution in [0.5, 0.6) is 0 Å². The Morgan fingerprint density at radius 2 is 2.18 bits per heavy atom. The van der Waals surface area contributed by atoms with Crippen molar-refractivity contribution >= 4 is 5.97 Å². The van der Waals surface area contributed by atoms with E-state index in [-0.39, 0.29) is 43.2 Å². The molecule has 2 heterocycles. The number of carboxylic acid groups (broad SMARTS) is 1. The molecule has 0 aliphatic carbocycles. The normalized spacial score (nSPS) is 31.9. The van der Waals surface area contributed by atoms with Gasteiger partial charge in [0.05, 0.1) is 37.9 Å². The number of unbranched alkanes of at least 4 members (excludes halogenated alkanes) is 1. The summed E-state index contributed by atoms with van der Waals surface area (Å²) in [5, 5.41) is 18.6. The third-order valence-electron chi connectivity index (χ3n) is 4.67. The Morgan fingerprint density at radius 3 is 2.91 bits per heavy atom. The average molecular weight is 312 g/mol. The lowest BCUT2D eigenvalue weighted by Gasteiger charge is -2.25. The first-order chi connectivity index (χ1) is 10.6. The highest BCUT2D eigenvalue weighted by molar-refractivity contribution is 5.66. The van der Waals surface area contributed by atoms with E-state index in [9.17, 15) is 9.90 Å². The highest BCUT2D eigenvalue weighted by atomic mass is 16.5. The molecule has 2 aliphatic heterocycles. The SMILES string of the molecule is CCCCC(O)/C=C/[C@@H]1[C@H](COCCC(=O)O)[C@@H]2CC[C@H]1O2. The van der Waals surface area contributed by atoms with Crippen molar-refractivity contribution in [3.05, 3.63) is 12.2 Å². The van der Waals surface area contributed by atoms with Crippen LogP contribution < -0.4 is 0 Å². The molecule has 0 saturated carbocycles. The Labute approximate surface area is 132 Å². The average Bonchev–Trinajstić information content (AvgIpc) is 3.08. The molecular weight excluding hydrogens is 284 g/mol. The summed E-state index contributed by atoms with van der Waals surface area (Å²) in [6.45, 7) is 2.90. The van der Waals surface area contributed by atoms with Gasteiger partial charge in [-0.05, 0) is 19.3 Å². The zero-order chi connectivity index (χ0) is 15.9. The predicted octanol–water partition coefficient (Wildman–Crippen LogP) is 2.38. The fourth-order valence-corrected chi connectivity index (χ4v) is 3.44. The molecule has 0 aromatic heterocycles. The van der Waals surface area contributed by atoms with Crippen LogP contribution in [0.2, 0.25) is 0 Å². The van der Waals surface area contributed by atoms with Gasteiger partial charge in [0.2, 0.25) is 0 Å². The molecule has 126 valence electrons. The molecule has 0 amide bonds. The maximum atomic E-state index is 10.5. The van der Waals surface area contributed by atoms with Gasteiger partial charge in [-0.3, -0.25) is 4.79 Å². The molecule has 5 nitrogen and oxygen atoms in total. The van der Waals surface area contributed by atoms with Crippen molar-refractivity contribution in [3.63, 3.8) is 0 Å². The van der Waals surface area contributed by atoms with Crippen LogP contribution in [0.4, 0.5) is 0 Å². The fourth-order valence-electron chi connectivity index (χ4n) is 3.44. The standard InChI is InChI=1S/C17H28O5/c1-2-3-4-12(18)5-6-13-14(11-21-10-9-17(19)20)16-8-7-15(13)22-16/h5-6,12-16,18H,2-4,7-11H2,1H3,(H,19,20)/b6-5+/t12?,13-,14+,15-,16+/m1/s1. The minimum Gasteiger partial charge on any atom is -0.481 e. The number of rotatable bonds is 10. The molecule has 22 heavy (non-hydrogen) atoms. The molecule has 2 rings (SSSR count). The Kier molecular flexibility index (Phi) is 6.86. The smallest absolute Gasteiger partial charge is 0.305 e. The van der Waals surface area contributed by atoms with Crippen LogP contribution in [0, 0.1) is 11.8 Å². The Bertz CT molecular complexity index is 381. The Balaban J connectivity index is 1.82. The Morgan fingerprint density at radius 1 is 1.41 bits per heavy atom. The third-order valence-corrected chi connectivity index (χ3v) is 4.67. The van der Waals surface area contributed by atoms with Gasteiger partial charge >= 0.3 is 5.97 Å². The number of carbonyl (C=O) groups is 1. The molecule has 0 aromatic carbocycles. The van der Waals surface area contributed by atoms with E-state index in [0.717, 1.165) is 32.1 Å².